The van der Waals surface area contributed by atoms with E-state index in [-0.39, 0.29) is 16.7 Å². The molecular weight excluding hydrogens is 444 g/mol. The zero-order valence-electron chi connectivity index (χ0n) is 18.5. The fraction of sp³-hybridized carbons (Fsp3) is 0.391. The zero-order chi connectivity index (χ0) is 22.9. The van der Waals surface area contributed by atoms with Crippen LogP contribution in [-0.4, -0.2) is 37.9 Å². The van der Waals surface area contributed by atoms with E-state index in [1.165, 1.54) is 12.1 Å². The number of nitrogens with zero attached hydrogens (tertiary/aromatic N) is 2. The van der Waals surface area contributed by atoms with Crippen LogP contribution in [0.2, 0.25) is 0 Å². The van der Waals surface area contributed by atoms with Crippen LogP contribution in [0, 0.1) is 5.92 Å². The van der Waals surface area contributed by atoms with E-state index in [4.69, 9.17) is 4.98 Å². The van der Waals surface area contributed by atoms with Crippen LogP contribution in [0.4, 0.5) is 10.8 Å². The van der Waals surface area contributed by atoms with Gasteiger partial charge in [0.15, 0.2) is 5.13 Å². The maximum absolute atomic E-state index is 13.0. The van der Waals surface area contributed by atoms with Gasteiger partial charge in [-0.2, -0.15) is 0 Å². The Morgan fingerprint density at radius 2 is 1.94 bits per heavy atom. The van der Waals surface area contributed by atoms with Gasteiger partial charge in [0.2, 0.25) is 15.9 Å². The summed E-state index contributed by atoms with van der Waals surface area (Å²) in [6.45, 7) is 6.83. The van der Waals surface area contributed by atoms with Crippen LogP contribution in [0.15, 0.2) is 53.4 Å². The van der Waals surface area contributed by atoms with E-state index in [1.54, 1.807) is 44.2 Å². The van der Waals surface area contributed by atoms with Gasteiger partial charge >= 0.3 is 0 Å². The maximum atomic E-state index is 13.0. The van der Waals surface area contributed by atoms with Gasteiger partial charge in [0.1, 0.15) is 0 Å². The molecule has 1 fully saturated rings. The number of hydrogen-bond acceptors (Lipinski definition) is 6. The molecule has 9 heteroatoms. The summed E-state index contributed by atoms with van der Waals surface area (Å²) in [6.07, 6.45) is 1.69. The minimum absolute atomic E-state index is 0.103. The smallest absolute Gasteiger partial charge is 0.241 e. The summed E-state index contributed by atoms with van der Waals surface area (Å²) in [6, 6.07) is 14.4. The van der Waals surface area contributed by atoms with Crippen molar-refractivity contribution in [2.24, 2.45) is 5.92 Å². The fourth-order valence-electron chi connectivity index (χ4n) is 3.81. The number of anilines is 2. The third kappa shape index (κ3) is 5.28. The average Bonchev–Trinajstić information content (AvgIpc) is 3.17. The van der Waals surface area contributed by atoms with Gasteiger partial charge in [0.25, 0.3) is 0 Å². The van der Waals surface area contributed by atoms with Crippen molar-refractivity contribution in [3.05, 3.63) is 48.5 Å². The SMILES string of the molecule is CC(C)(C)NS(=O)(=O)c1cccc(NC(=O)[C@@H]2CCCN(c3nc4ccccc4s3)C2)c1. The number of carbonyl (C=O) groups is 1. The van der Waals surface area contributed by atoms with E-state index in [9.17, 15) is 13.2 Å². The van der Waals surface area contributed by atoms with E-state index in [2.05, 4.69) is 21.0 Å². The van der Waals surface area contributed by atoms with Crippen molar-refractivity contribution in [3.8, 4) is 0 Å². The molecule has 2 N–H and O–H groups in total. The van der Waals surface area contributed by atoms with E-state index in [0.717, 1.165) is 34.7 Å². The Hall–Kier alpha value is -2.49. The lowest BCUT2D eigenvalue weighted by Gasteiger charge is -2.31. The molecule has 1 aromatic heterocycles. The van der Waals surface area contributed by atoms with Gasteiger partial charge in [-0.15, -0.1) is 0 Å². The summed E-state index contributed by atoms with van der Waals surface area (Å²) in [4.78, 5) is 20.0. The largest absolute Gasteiger partial charge is 0.347 e. The first-order chi connectivity index (χ1) is 15.1. The molecule has 0 bridgehead atoms. The lowest BCUT2D eigenvalue weighted by molar-refractivity contribution is -0.120. The molecule has 2 aromatic carbocycles. The van der Waals surface area contributed by atoms with Gasteiger partial charge in [-0.3, -0.25) is 4.79 Å². The molecule has 0 unspecified atom stereocenters. The first-order valence-electron chi connectivity index (χ1n) is 10.7. The number of fused-ring (bicyclic) bond motifs is 1. The Morgan fingerprint density at radius 3 is 2.69 bits per heavy atom. The Labute approximate surface area is 192 Å². The monoisotopic (exact) mass is 472 g/mol. The van der Waals surface area contributed by atoms with Crippen molar-refractivity contribution in [1.82, 2.24) is 9.71 Å². The van der Waals surface area contributed by atoms with Crippen LogP contribution in [0.25, 0.3) is 10.2 Å². The van der Waals surface area contributed by atoms with Crippen molar-refractivity contribution in [2.75, 3.05) is 23.3 Å². The second-order valence-electron chi connectivity index (χ2n) is 9.12. The molecule has 1 atom stereocenters. The number of amides is 1. The number of nitrogens with one attached hydrogen (secondary N) is 2. The molecule has 170 valence electrons. The van der Waals surface area contributed by atoms with Gasteiger partial charge in [-0.05, 0) is 63.9 Å². The number of hydrogen-bond donors (Lipinski definition) is 2. The minimum atomic E-state index is -3.68. The van der Waals surface area contributed by atoms with Crippen LogP contribution < -0.4 is 14.9 Å². The maximum Gasteiger partial charge on any atom is 0.241 e. The molecule has 1 saturated heterocycles. The molecule has 4 rings (SSSR count). The van der Waals surface area contributed by atoms with Gasteiger partial charge in [0.05, 0.1) is 21.0 Å². The first-order valence-corrected chi connectivity index (χ1v) is 13.0. The third-order valence-electron chi connectivity index (χ3n) is 5.20. The normalized spacial score (nSPS) is 17.5. The van der Waals surface area contributed by atoms with Crippen molar-refractivity contribution in [2.45, 2.75) is 44.0 Å². The number of sulfonamides is 1. The number of piperidine rings is 1. The predicted octanol–water partition coefficient (Wildman–Crippen LogP) is 4.23. The third-order valence-corrected chi connectivity index (χ3v) is 8.05. The summed E-state index contributed by atoms with van der Waals surface area (Å²) < 4.78 is 29.0. The Balaban J connectivity index is 1.46. The predicted molar refractivity (Wildman–Crippen MR) is 130 cm³/mol. The molecular formula is C23H28N4O3S2. The van der Waals surface area contributed by atoms with Gasteiger partial charge < -0.3 is 10.2 Å². The van der Waals surface area contributed by atoms with Crippen molar-refractivity contribution < 1.29 is 13.2 Å². The highest BCUT2D eigenvalue weighted by Crippen LogP contribution is 2.31. The average molecular weight is 473 g/mol. The summed E-state index contributed by atoms with van der Waals surface area (Å²) in [7, 11) is -3.68. The van der Waals surface area contributed by atoms with E-state index in [0.29, 0.717) is 12.2 Å². The fourth-order valence-corrected chi connectivity index (χ4v) is 6.27. The Bertz CT molecular complexity index is 1200. The summed E-state index contributed by atoms with van der Waals surface area (Å²) in [5.41, 5.74) is 0.856. The van der Waals surface area contributed by atoms with E-state index >= 15 is 0 Å². The molecule has 0 saturated carbocycles. The molecule has 0 aliphatic carbocycles. The number of rotatable bonds is 5. The molecule has 2 heterocycles. The second-order valence-corrected chi connectivity index (χ2v) is 11.8. The highest BCUT2D eigenvalue weighted by atomic mass is 32.2. The highest BCUT2D eigenvalue weighted by Gasteiger charge is 2.28. The lowest BCUT2D eigenvalue weighted by Crippen LogP contribution is -2.41. The van der Waals surface area contributed by atoms with Gasteiger partial charge in [-0.25, -0.2) is 18.1 Å². The number of thiazole rings is 1. The molecule has 1 aliphatic heterocycles. The van der Waals surface area contributed by atoms with Gasteiger partial charge in [-0.1, -0.05) is 29.5 Å². The lowest BCUT2D eigenvalue weighted by atomic mass is 9.97. The summed E-state index contributed by atoms with van der Waals surface area (Å²) in [5.74, 6) is -0.294. The van der Waals surface area contributed by atoms with E-state index in [1.807, 2.05) is 18.2 Å². The van der Waals surface area contributed by atoms with Gasteiger partial charge in [0, 0.05) is 24.3 Å². The van der Waals surface area contributed by atoms with Crippen molar-refractivity contribution in [3.63, 3.8) is 0 Å². The van der Waals surface area contributed by atoms with Crippen molar-refractivity contribution >= 4 is 48.3 Å². The number of carbonyl (C=O) groups excluding carboxylic acids is 1. The molecule has 0 spiro atoms. The minimum Gasteiger partial charge on any atom is -0.347 e. The summed E-state index contributed by atoms with van der Waals surface area (Å²) >= 11 is 1.64. The van der Waals surface area contributed by atoms with Crippen LogP contribution in [-0.2, 0) is 14.8 Å². The first kappa shape index (κ1) is 22.7. The van der Waals surface area contributed by atoms with Crippen LogP contribution in [0.1, 0.15) is 33.6 Å². The highest BCUT2D eigenvalue weighted by molar-refractivity contribution is 7.89. The van der Waals surface area contributed by atoms with Crippen molar-refractivity contribution in [1.29, 1.82) is 0 Å². The van der Waals surface area contributed by atoms with E-state index < -0.39 is 15.6 Å². The summed E-state index contributed by atoms with van der Waals surface area (Å²) in [5, 5.41) is 3.85. The van der Waals surface area contributed by atoms with Crippen LogP contribution in [0.3, 0.4) is 0 Å². The topological polar surface area (TPSA) is 91.4 Å². The zero-order valence-corrected chi connectivity index (χ0v) is 20.1. The molecule has 0 radical (unpaired) electrons. The molecule has 1 amide bonds. The van der Waals surface area contributed by atoms with Crippen LogP contribution in [0.5, 0.6) is 0 Å². The van der Waals surface area contributed by atoms with Crippen LogP contribution >= 0.6 is 11.3 Å². The molecule has 32 heavy (non-hydrogen) atoms. The number of para-hydroxylation sites is 1. The molecule has 1 aliphatic rings. The Kier molecular flexibility index (Phi) is 6.24. The quantitative estimate of drug-likeness (QED) is 0.580. The number of aromatic nitrogens is 1. The molecule has 3 aromatic rings. The standard InChI is InChI=1S/C23H28N4O3S2/c1-23(2,3)26-32(29,30)18-10-6-9-17(14-18)24-21(28)16-8-7-13-27(15-16)22-25-19-11-4-5-12-20(19)31-22/h4-6,9-12,14,16,26H,7-8,13,15H2,1-3H3,(H,24,28)/t16-/m1/s1. The number of benzene rings is 2. The Morgan fingerprint density at radius 1 is 1.16 bits per heavy atom. The second kappa shape index (κ2) is 8.80. The molecule has 7 nitrogen and oxygen atoms in total.